The Morgan fingerprint density at radius 1 is 1.21 bits per heavy atom. The van der Waals surface area contributed by atoms with Crippen LogP contribution < -0.4 is 9.47 Å². The maximum Gasteiger partial charge on any atom is 0.387 e. The Labute approximate surface area is 166 Å². The highest BCUT2D eigenvalue weighted by molar-refractivity contribution is 6.05. The van der Waals surface area contributed by atoms with Crippen molar-refractivity contribution in [1.82, 2.24) is 15.1 Å². The first-order chi connectivity index (χ1) is 14.1. The van der Waals surface area contributed by atoms with Gasteiger partial charge in [-0.25, -0.2) is 0 Å². The zero-order valence-corrected chi connectivity index (χ0v) is 15.7. The lowest BCUT2D eigenvalue weighted by Gasteiger charge is -2.23. The summed E-state index contributed by atoms with van der Waals surface area (Å²) in [6.45, 7) is -2.61. The minimum atomic E-state index is -2.94. The summed E-state index contributed by atoms with van der Waals surface area (Å²) in [5.74, 6) is 0.0207. The molecule has 0 N–H and O–H groups in total. The van der Waals surface area contributed by atoms with Gasteiger partial charge in [-0.1, -0.05) is 24.3 Å². The smallest absolute Gasteiger partial charge is 0.387 e. The molecule has 150 valence electrons. The highest BCUT2D eigenvalue weighted by atomic mass is 19.3. The molecule has 1 aromatic heterocycles. The van der Waals surface area contributed by atoms with Crippen LogP contribution in [-0.4, -0.2) is 40.8 Å². The van der Waals surface area contributed by atoms with Crippen molar-refractivity contribution in [1.29, 1.82) is 0 Å². The van der Waals surface area contributed by atoms with E-state index in [1.165, 1.54) is 19.4 Å². The standard InChI is InChI=1S/C21H19F2N3O3/c1-28-19-10-13(6-9-18(19)29-21(22)23)12-26(14-7-8-14)20(27)16-11-24-25-17-5-3-2-4-15(16)17/h2-6,9-11,14,21H,7-8,12H2,1H3. The van der Waals surface area contributed by atoms with Gasteiger partial charge in [-0.2, -0.15) is 19.0 Å². The molecule has 1 fully saturated rings. The van der Waals surface area contributed by atoms with E-state index in [-0.39, 0.29) is 23.4 Å². The van der Waals surface area contributed by atoms with E-state index < -0.39 is 6.61 Å². The summed E-state index contributed by atoms with van der Waals surface area (Å²) in [5, 5.41) is 8.78. The van der Waals surface area contributed by atoms with Gasteiger partial charge in [0.25, 0.3) is 5.91 Å². The summed E-state index contributed by atoms with van der Waals surface area (Å²) in [6, 6.07) is 12.2. The van der Waals surface area contributed by atoms with Crippen LogP contribution in [0.1, 0.15) is 28.8 Å². The number of methoxy groups -OCH3 is 1. The molecule has 4 rings (SSSR count). The quantitative estimate of drug-likeness (QED) is 0.600. The van der Waals surface area contributed by atoms with Crippen molar-refractivity contribution in [3.8, 4) is 11.5 Å². The maximum absolute atomic E-state index is 13.3. The molecule has 0 unspecified atom stereocenters. The first-order valence-corrected chi connectivity index (χ1v) is 9.20. The van der Waals surface area contributed by atoms with E-state index in [2.05, 4.69) is 14.9 Å². The van der Waals surface area contributed by atoms with E-state index in [9.17, 15) is 13.6 Å². The Balaban J connectivity index is 1.63. The zero-order valence-electron chi connectivity index (χ0n) is 15.7. The maximum atomic E-state index is 13.3. The molecule has 3 aromatic rings. The molecule has 1 aliphatic carbocycles. The van der Waals surface area contributed by atoms with Gasteiger partial charge in [-0.3, -0.25) is 4.79 Å². The molecule has 1 amide bonds. The van der Waals surface area contributed by atoms with Gasteiger partial charge in [0.05, 0.1) is 24.4 Å². The fourth-order valence-electron chi connectivity index (χ4n) is 3.29. The van der Waals surface area contributed by atoms with Crippen LogP contribution in [0.2, 0.25) is 0 Å². The molecule has 1 heterocycles. The minimum Gasteiger partial charge on any atom is -0.493 e. The molecule has 0 aliphatic heterocycles. The number of alkyl halides is 2. The zero-order chi connectivity index (χ0) is 20.4. The molecule has 0 bridgehead atoms. The SMILES string of the molecule is COc1cc(CN(C(=O)c2cnnc3ccccc23)C2CC2)ccc1OC(F)F. The number of carbonyl (C=O) groups is 1. The second kappa shape index (κ2) is 7.98. The second-order valence-electron chi connectivity index (χ2n) is 6.80. The average Bonchev–Trinajstić information content (AvgIpc) is 3.57. The van der Waals surface area contributed by atoms with Crippen LogP contribution in [0.4, 0.5) is 8.78 Å². The summed E-state index contributed by atoms with van der Waals surface area (Å²) < 4.78 is 34.7. The van der Waals surface area contributed by atoms with Gasteiger partial charge in [0, 0.05) is 18.0 Å². The number of ether oxygens (including phenoxy) is 2. The molecular formula is C21H19F2N3O3. The molecule has 29 heavy (non-hydrogen) atoms. The molecule has 1 aliphatic rings. The summed E-state index contributed by atoms with van der Waals surface area (Å²) in [7, 11) is 1.38. The first-order valence-electron chi connectivity index (χ1n) is 9.20. The Bertz CT molecular complexity index is 1040. The van der Waals surface area contributed by atoms with Crippen molar-refractivity contribution >= 4 is 16.8 Å². The monoisotopic (exact) mass is 399 g/mol. The van der Waals surface area contributed by atoms with Crippen LogP contribution in [-0.2, 0) is 6.54 Å². The normalized spacial score (nSPS) is 13.5. The molecule has 2 aromatic carbocycles. The lowest BCUT2D eigenvalue weighted by atomic mass is 10.1. The number of hydrogen-bond acceptors (Lipinski definition) is 5. The second-order valence-corrected chi connectivity index (χ2v) is 6.80. The number of nitrogens with zero attached hydrogens (tertiary/aromatic N) is 3. The van der Waals surface area contributed by atoms with Crippen molar-refractivity contribution < 1.29 is 23.0 Å². The fourth-order valence-corrected chi connectivity index (χ4v) is 3.29. The third kappa shape index (κ3) is 4.11. The van der Waals surface area contributed by atoms with E-state index in [4.69, 9.17) is 4.74 Å². The highest BCUT2D eigenvalue weighted by Gasteiger charge is 2.34. The van der Waals surface area contributed by atoms with E-state index in [0.717, 1.165) is 23.8 Å². The van der Waals surface area contributed by atoms with Crippen LogP contribution >= 0.6 is 0 Å². The average molecular weight is 399 g/mol. The van der Waals surface area contributed by atoms with Crippen molar-refractivity contribution in [3.63, 3.8) is 0 Å². The molecule has 8 heteroatoms. The molecule has 1 saturated carbocycles. The van der Waals surface area contributed by atoms with Gasteiger partial charge >= 0.3 is 6.61 Å². The van der Waals surface area contributed by atoms with Crippen LogP contribution in [0.3, 0.4) is 0 Å². The number of halogens is 2. The van der Waals surface area contributed by atoms with Gasteiger partial charge in [-0.05, 0) is 36.6 Å². The van der Waals surface area contributed by atoms with Crippen LogP contribution in [0.5, 0.6) is 11.5 Å². The number of rotatable bonds is 7. The number of aromatic nitrogens is 2. The van der Waals surface area contributed by atoms with E-state index >= 15 is 0 Å². The lowest BCUT2D eigenvalue weighted by Crippen LogP contribution is -2.33. The third-order valence-electron chi connectivity index (χ3n) is 4.82. The Hall–Kier alpha value is -3.29. The highest BCUT2D eigenvalue weighted by Crippen LogP contribution is 2.34. The number of carbonyl (C=O) groups excluding carboxylic acids is 1. The Kier molecular flexibility index (Phi) is 5.24. The topological polar surface area (TPSA) is 64.5 Å². The van der Waals surface area contributed by atoms with Crippen molar-refractivity contribution in [2.24, 2.45) is 0 Å². The van der Waals surface area contributed by atoms with Crippen molar-refractivity contribution in [2.45, 2.75) is 32.0 Å². The molecule has 0 spiro atoms. The molecule has 0 atom stereocenters. The number of benzene rings is 2. The van der Waals surface area contributed by atoms with Gasteiger partial charge in [-0.15, -0.1) is 0 Å². The summed E-state index contributed by atoms with van der Waals surface area (Å²) >= 11 is 0. The van der Waals surface area contributed by atoms with Gasteiger partial charge in [0.1, 0.15) is 0 Å². The van der Waals surface area contributed by atoms with E-state index in [0.29, 0.717) is 17.6 Å². The van der Waals surface area contributed by atoms with E-state index in [1.54, 1.807) is 17.0 Å². The Morgan fingerprint density at radius 3 is 2.72 bits per heavy atom. The fraction of sp³-hybridized carbons (Fsp3) is 0.286. The minimum absolute atomic E-state index is 0.0418. The largest absolute Gasteiger partial charge is 0.493 e. The summed E-state index contributed by atoms with van der Waals surface area (Å²) in [6.07, 6.45) is 3.33. The van der Waals surface area contributed by atoms with Gasteiger partial charge in [0.2, 0.25) is 0 Å². The lowest BCUT2D eigenvalue weighted by molar-refractivity contribution is -0.0512. The first kappa shape index (κ1) is 19.0. The predicted octanol–water partition coefficient (Wildman–Crippen LogP) is 4.04. The summed E-state index contributed by atoms with van der Waals surface area (Å²) in [5.41, 5.74) is 1.91. The number of fused-ring (bicyclic) bond motifs is 1. The summed E-state index contributed by atoms with van der Waals surface area (Å²) in [4.78, 5) is 15.1. The Morgan fingerprint density at radius 2 is 2.00 bits per heavy atom. The van der Waals surface area contributed by atoms with Gasteiger partial charge < -0.3 is 14.4 Å². The van der Waals surface area contributed by atoms with Crippen molar-refractivity contribution in [3.05, 3.63) is 59.8 Å². The van der Waals surface area contributed by atoms with Crippen LogP contribution in [0.15, 0.2) is 48.7 Å². The van der Waals surface area contributed by atoms with Gasteiger partial charge in [0.15, 0.2) is 11.5 Å². The van der Waals surface area contributed by atoms with E-state index in [1.807, 2.05) is 24.3 Å². The molecule has 0 saturated heterocycles. The predicted molar refractivity (Wildman–Crippen MR) is 102 cm³/mol. The number of hydrogen-bond donors (Lipinski definition) is 0. The third-order valence-corrected chi connectivity index (χ3v) is 4.82. The van der Waals surface area contributed by atoms with Crippen LogP contribution in [0, 0.1) is 0 Å². The molecule has 6 nitrogen and oxygen atoms in total. The molecular weight excluding hydrogens is 380 g/mol. The van der Waals surface area contributed by atoms with Crippen molar-refractivity contribution in [2.75, 3.05) is 7.11 Å². The molecule has 0 radical (unpaired) electrons. The van der Waals surface area contributed by atoms with Crippen LogP contribution in [0.25, 0.3) is 10.9 Å². The number of amides is 1.